The fraction of sp³-hybridized carbons (Fsp3) is 0.559. The van der Waals surface area contributed by atoms with Crippen molar-refractivity contribution in [3.05, 3.63) is 77.1 Å². The van der Waals surface area contributed by atoms with Crippen molar-refractivity contribution in [3.63, 3.8) is 0 Å². The molecular weight excluding hydrogens is 971 g/mol. The van der Waals surface area contributed by atoms with E-state index < -0.39 is 47.2 Å². The Labute approximate surface area is 447 Å². The number of carbonyl (C=O) groups excluding carboxylic acids is 5. The first-order valence-electron chi connectivity index (χ1n) is 26.9. The van der Waals surface area contributed by atoms with Crippen molar-refractivity contribution in [3.8, 4) is 34.2 Å². The highest BCUT2D eigenvalue weighted by atomic mass is 19.3. The summed E-state index contributed by atoms with van der Waals surface area (Å²) in [6, 6.07) is 12.3. The van der Waals surface area contributed by atoms with E-state index in [1.165, 1.54) is 29.0 Å². The van der Waals surface area contributed by atoms with E-state index >= 15 is 8.78 Å². The molecule has 3 aliphatic rings. The van der Waals surface area contributed by atoms with Crippen molar-refractivity contribution in [1.29, 1.82) is 0 Å². The maximum absolute atomic E-state index is 15.1. The summed E-state index contributed by atoms with van der Waals surface area (Å²) in [7, 11) is 3.21. The molecule has 4 amide bonds. The van der Waals surface area contributed by atoms with Crippen molar-refractivity contribution in [2.45, 2.75) is 138 Å². The number of esters is 1. The Morgan fingerprint density at radius 2 is 1.71 bits per heavy atom. The van der Waals surface area contributed by atoms with Crippen LogP contribution in [0, 0.1) is 29.1 Å². The first-order chi connectivity index (χ1) is 36.0. The Morgan fingerprint density at radius 3 is 2.34 bits per heavy atom. The summed E-state index contributed by atoms with van der Waals surface area (Å²) in [5, 5.41) is 5.36. The number of halogens is 2. The molecule has 15 nitrogen and oxygen atoms in total. The Morgan fingerprint density at radius 1 is 0.961 bits per heavy atom. The molecule has 0 saturated carbocycles. The molecule has 2 N–H and O–H groups in total. The molecule has 4 aromatic rings. The van der Waals surface area contributed by atoms with Crippen molar-refractivity contribution >= 4 is 40.5 Å². The maximum Gasteiger partial charge on any atom is 0.302 e. The van der Waals surface area contributed by atoms with Crippen LogP contribution < -0.4 is 10.7 Å². The first kappa shape index (κ1) is 57.5. The van der Waals surface area contributed by atoms with Gasteiger partial charge in [0.1, 0.15) is 12.1 Å². The van der Waals surface area contributed by atoms with E-state index in [2.05, 4.69) is 39.0 Å². The lowest BCUT2D eigenvalue weighted by Gasteiger charge is -2.41. The summed E-state index contributed by atoms with van der Waals surface area (Å²) in [5.74, 6) is 2.99. The van der Waals surface area contributed by atoms with Crippen LogP contribution in [0.2, 0.25) is 0 Å². The molecule has 410 valence electrons. The number of rotatable bonds is 19. The SMILES string of the molecule is CCn1c(-c2cccnc2[C@H](C)OC)c(CC(C)(C)COC(C)=O)c2cc(-c3cc(C[C@H](NC(=O)[C@H](C(C)C)N(C)C(=O)C4CCN(C(=O)C#CC(C)(C)N5CCC5)C4)C(=O)N4CCCCN4)cc(C(F)F)c3)ccc21. The third-order valence-corrected chi connectivity index (χ3v) is 15.3. The van der Waals surface area contributed by atoms with E-state index in [0.29, 0.717) is 55.7 Å². The van der Waals surface area contributed by atoms with Gasteiger partial charge in [0.2, 0.25) is 11.8 Å². The van der Waals surface area contributed by atoms with Crippen LogP contribution in [0.1, 0.15) is 123 Å². The molecule has 0 aliphatic carbocycles. The molecule has 0 bridgehead atoms. The summed E-state index contributed by atoms with van der Waals surface area (Å²) >= 11 is 0. The van der Waals surface area contributed by atoms with Gasteiger partial charge in [-0.2, -0.15) is 0 Å². The van der Waals surface area contributed by atoms with E-state index in [9.17, 15) is 24.0 Å². The molecule has 76 heavy (non-hydrogen) atoms. The number of carbonyl (C=O) groups is 5. The number of nitrogens with zero attached hydrogens (tertiary/aromatic N) is 6. The molecule has 2 aromatic carbocycles. The lowest BCUT2D eigenvalue weighted by atomic mass is 9.84. The zero-order valence-corrected chi connectivity index (χ0v) is 46.4. The van der Waals surface area contributed by atoms with E-state index in [1.54, 1.807) is 31.3 Å². The minimum atomic E-state index is -2.86. The van der Waals surface area contributed by atoms with Gasteiger partial charge in [0, 0.05) is 107 Å². The quantitative estimate of drug-likeness (QED) is 0.0694. The third kappa shape index (κ3) is 13.1. The number of likely N-dealkylation sites (N-methyl/N-ethyl adjacent to an activating group) is 1. The molecule has 7 rings (SSSR count). The van der Waals surface area contributed by atoms with E-state index in [-0.39, 0.29) is 54.9 Å². The minimum Gasteiger partial charge on any atom is -0.465 e. The standard InChI is InChI=1S/C59H78F2N8O7/c1-12-68-49-19-18-41(33-46(49)47(34-58(6,7)36-76-39(5)70)53(68)45-17-15-23-62-51(45)38(4)75-11)43-29-40(30-44(32-43)54(60)61)31-48(57(74)69-27-14-13-24-63-69)64-55(72)52(37(2)3)65(10)56(73)42-21-28-66(35-42)50(71)20-22-59(8,9)67-25-16-26-67/h15,17-19,23,29-30,32-33,37-38,42,48,52,54,63H,12-14,16,21,24-28,31,34-36H2,1-11H3,(H,64,72)/t38-,42?,48-,52-/m0/s1. The fourth-order valence-corrected chi connectivity index (χ4v) is 10.9. The molecule has 3 aliphatic heterocycles. The Bertz CT molecular complexity index is 2840. The topological polar surface area (TPSA) is 159 Å². The van der Waals surface area contributed by atoms with Crippen LogP contribution in [0.4, 0.5) is 8.78 Å². The Balaban J connectivity index is 1.22. The van der Waals surface area contributed by atoms with Gasteiger partial charge in [-0.15, -0.1) is 0 Å². The summed E-state index contributed by atoms with van der Waals surface area (Å²) < 4.78 is 43.8. The maximum atomic E-state index is 15.1. The van der Waals surface area contributed by atoms with Gasteiger partial charge >= 0.3 is 5.97 Å². The predicted octanol–water partition coefficient (Wildman–Crippen LogP) is 8.14. The van der Waals surface area contributed by atoms with Crippen molar-refractivity contribution in [2.24, 2.45) is 17.3 Å². The summed E-state index contributed by atoms with van der Waals surface area (Å²) in [5.41, 5.74) is 7.95. The van der Waals surface area contributed by atoms with Crippen LogP contribution in [0.25, 0.3) is 33.3 Å². The van der Waals surface area contributed by atoms with Gasteiger partial charge in [-0.25, -0.2) is 14.2 Å². The van der Waals surface area contributed by atoms with Gasteiger partial charge in [0.05, 0.1) is 35.6 Å². The van der Waals surface area contributed by atoms with Gasteiger partial charge in [-0.05, 0) is 124 Å². The fourth-order valence-electron chi connectivity index (χ4n) is 10.9. The molecule has 3 saturated heterocycles. The van der Waals surface area contributed by atoms with Crippen LogP contribution in [-0.4, -0.2) is 137 Å². The molecule has 1 unspecified atom stereocenters. The first-order valence-corrected chi connectivity index (χ1v) is 26.9. The lowest BCUT2D eigenvalue weighted by molar-refractivity contribution is -0.146. The number of methoxy groups -OCH3 is 1. The number of aryl methyl sites for hydroxylation is 1. The van der Waals surface area contributed by atoms with Crippen molar-refractivity contribution < 1.29 is 42.2 Å². The van der Waals surface area contributed by atoms with Crippen LogP contribution in [0.3, 0.4) is 0 Å². The highest BCUT2D eigenvalue weighted by Gasteiger charge is 2.40. The van der Waals surface area contributed by atoms with Crippen LogP contribution in [0.5, 0.6) is 0 Å². The van der Waals surface area contributed by atoms with Gasteiger partial charge in [-0.1, -0.05) is 51.8 Å². The van der Waals surface area contributed by atoms with E-state index in [0.717, 1.165) is 65.8 Å². The smallest absolute Gasteiger partial charge is 0.302 e. The monoisotopic (exact) mass is 1050 g/mol. The number of aromatic nitrogens is 2. The second-order valence-corrected chi connectivity index (χ2v) is 22.4. The lowest BCUT2D eigenvalue weighted by Crippen LogP contribution is -2.59. The van der Waals surface area contributed by atoms with Gasteiger partial charge < -0.3 is 29.2 Å². The Kier molecular flexibility index (Phi) is 18.5. The zero-order chi connectivity index (χ0) is 55.2. The van der Waals surface area contributed by atoms with Crippen molar-refractivity contribution in [2.75, 3.05) is 60.0 Å². The number of likely N-dealkylation sites (tertiary alicyclic amines) is 2. The average molecular weight is 1050 g/mol. The largest absolute Gasteiger partial charge is 0.465 e. The van der Waals surface area contributed by atoms with Gasteiger partial charge in [0.25, 0.3) is 18.2 Å². The molecule has 2 aromatic heterocycles. The molecule has 0 radical (unpaired) electrons. The van der Waals surface area contributed by atoms with Gasteiger partial charge in [-0.3, -0.25) is 38.9 Å². The third-order valence-electron chi connectivity index (χ3n) is 15.3. The average Bonchev–Trinajstić information content (AvgIpc) is 4.03. The Hall–Kier alpha value is -6.22. The number of benzene rings is 2. The molecule has 3 fully saturated rings. The minimum absolute atomic E-state index is 0.121. The van der Waals surface area contributed by atoms with Crippen LogP contribution in [0.15, 0.2) is 54.7 Å². The van der Waals surface area contributed by atoms with Gasteiger partial charge in [0.15, 0.2) is 0 Å². The number of ether oxygens (including phenoxy) is 2. The number of fused-ring (bicyclic) bond motifs is 1. The van der Waals surface area contributed by atoms with E-state index in [4.69, 9.17) is 14.5 Å². The summed E-state index contributed by atoms with van der Waals surface area (Å²) in [4.78, 5) is 78.7. The number of pyridine rings is 1. The van der Waals surface area contributed by atoms with Crippen molar-refractivity contribution in [1.82, 2.24) is 40.0 Å². The number of alkyl halides is 2. The number of nitrogens with one attached hydrogen (secondary N) is 2. The number of hydrogen-bond acceptors (Lipinski definition) is 10. The molecule has 5 heterocycles. The predicted molar refractivity (Wildman–Crippen MR) is 289 cm³/mol. The highest BCUT2D eigenvalue weighted by Crippen LogP contribution is 2.42. The number of amides is 4. The molecular formula is C59H78F2N8O7. The second kappa shape index (κ2) is 24.4. The second-order valence-electron chi connectivity index (χ2n) is 22.4. The summed E-state index contributed by atoms with van der Waals surface area (Å²) in [6.07, 6.45) is 2.01. The molecule has 4 atom stereocenters. The highest BCUT2D eigenvalue weighted by molar-refractivity contribution is 5.97. The molecule has 17 heteroatoms. The van der Waals surface area contributed by atoms with Crippen LogP contribution in [-0.2, 0) is 52.8 Å². The van der Waals surface area contributed by atoms with E-state index in [1.807, 2.05) is 78.8 Å². The number of hydrogen-bond donors (Lipinski definition) is 2. The normalized spacial score (nSPS) is 17.5. The summed E-state index contributed by atoms with van der Waals surface area (Å²) in [6.45, 7) is 21.2. The number of hydrazine groups is 1. The molecule has 0 spiro atoms. The van der Waals surface area contributed by atoms with Crippen LogP contribution >= 0.6 is 0 Å². The zero-order valence-electron chi connectivity index (χ0n) is 46.4.